The van der Waals surface area contributed by atoms with Crippen LogP contribution in [0.2, 0.25) is 5.02 Å². The lowest BCUT2D eigenvalue weighted by Crippen LogP contribution is -2.47. The van der Waals surface area contributed by atoms with Gasteiger partial charge < -0.3 is 29.3 Å². The number of benzene rings is 4. The maximum absolute atomic E-state index is 13.8. The lowest BCUT2D eigenvalue weighted by atomic mass is 9.73. The second-order valence-electron chi connectivity index (χ2n) is 20.5. The Morgan fingerprint density at radius 3 is 2.13 bits per heavy atom. The summed E-state index contributed by atoms with van der Waals surface area (Å²) in [7, 11) is -11.9. The smallest absolute Gasteiger partial charge is 0.333 e. The SMILES string of the molecule is CCOP(=O)(CCCN1CCN(CC[C@H](CSc2ccccc2)Nc2ccc(S(=O)(=O)NC(=O)c3ccc(N4CCN(CC5=C(c6ccc(Cl)cc6)CCC(C)(C)C5)CC4)cc3)cc2S(C)(=O)=O)CC1)OCOC(C)=O. The number of esters is 1. The van der Waals surface area contributed by atoms with Crippen LogP contribution in [0.25, 0.3) is 5.57 Å². The van der Waals surface area contributed by atoms with E-state index in [-0.39, 0.29) is 45.3 Å². The number of ether oxygens (including phenoxy) is 1. The molecule has 0 radical (unpaired) electrons. The first kappa shape index (κ1) is 59.4. The van der Waals surface area contributed by atoms with Crippen LogP contribution < -0.4 is 14.9 Å². The summed E-state index contributed by atoms with van der Waals surface area (Å²) < 4.78 is 85.2. The number of nitrogens with zero attached hydrogens (tertiary/aromatic N) is 4. The number of carbonyl (C=O) groups excluding carboxylic acids is 2. The normalized spacial score (nSPS) is 18.2. The molecule has 4 aromatic carbocycles. The number of rotatable bonds is 25. The molecular weight excluding hydrogens is 1070 g/mol. The number of amides is 1. The molecule has 2 saturated heterocycles. The first-order valence-corrected chi connectivity index (χ1v) is 32.5. The Labute approximate surface area is 459 Å². The average Bonchev–Trinajstić information content (AvgIpc) is 3.38. The van der Waals surface area contributed by atoms with Gasteiger partial charge in [0, 0.05) is 112 Å². The van der Waals surface area contributed by atoms with E-state index in [0.29, 0.717) is 25.1 Å². The van der Waals surface area contributed by atoms with Crippen molar-refractivity contribution in [1.82, 2.24) is 19.4 Å². The molecule has 21 heteroatoms. The van der Waals surface area contributed by atoms with E-state index in [1.807, 2.05) is 54.6 Å². The van der Waals surface area contributed by atoms with E-state index in [1.165, 1.54) is 35.8 Å². The van der Waals surface area contributed by atoms with Crippen LogP contribution in [0, 0.1) is 5.41 Å². The van der Waals surface area contributed by atoms with E-state index in [4.69, 9.17) is 25.4 Å². The lowest BCUT2D eigenvalue weighted by Gasteiger charge is -2.39. The van der Waals surface area contributed by atoms with Crippen LogP contribution in [-0.2, 0) is 43.0 Å². The van der Waals surface area contributed by atoms with Crippen LogP contribution >= 0.6 is 31.0 Å². The number of piperazine rings is 2. The van der Waals surface area contributed by atoms with Gasteiger partial charge in [-0.2, -0.15) is 0 Å². The maximum Gasteiger partial charge on any atom is 0.333 e. The number of hydrogen-bond acceptors (Lipinski definition) is 16. The number of hydrogen-bond donors (Lipinski definition) is 2. The van der Waals surface area contributed by atoms with Crippen molar-refractivity contribution in [2.75, 3.05) is 114 Å². The molecule has 76 heavy (non-hydrogen) atoms. The van der Waals surface area contributed by atoms with Gasteiger partial charge in [0.25, 0.3) is 15.9 Å². The summed E-state index contributed by atoms with van der Waals surface area (Å²) in [5.74, 6) is -0.755. The van der Waals surface area contributed by atoms with Gasteiger partial charge in [-0.25, -0.2) is 21.6 Å². The van der Waals surface area contributed by atoms with Gasteiger partial charge in [0.15, 0.2) is 9.84 Å². The lowest BCUT2D eigenvalue weighted by molar-refractivity contribution is -0.147. The zero-order valence-corrected chi connectivity index (χ0v) is 48.5. The summed E-state index contributed by atoms with van der Waals surface area (Å²) in [6.45, 7) is 16.3. The molecule has 2 N–H and O–H groups in total. The molecule has 7 rings (SSSR count). The summed E-state index contributed by atoms with van der Waals surface area (Å²) >= 11 is 7.86. The zero-order chi connectivity index (χ0) is 54.5. The molecule has 1 unspecified atom stereocenters. The third-order valence-corrected chi connectivity index (χ3v) is 20.0. The van der Waals surface area contributed by atoms with E-state index in [0.717, 1.165) is 113 Å². The topological polar surface area (TPSA) is 184 Å². The van der Waals surface area contributed by atoms with E-state index in [9.17, 15) is 31.0 Å². The summed E-state index contributed by atoms with van der Waals surface area (Å²) in [6, 6.07) is 28.7. The van der Waals surface area contributed by atoms with Gasteiger partial charge in [0.2, 0.25) is 6.79 Å². The molecule has 16 nitrogen and oxygen atoms in total. The van der Waals surface area contributed by atoms with Crippen LogP contribution in [-0.4, -0.2) is 153 Å². The molecule has 4 aromatic rings. The highest BCUT2D eigenvalue weighted by Gasteiger charge is 2.31. The Hall–Kier alpha value is -4.27. The van der Waals surface area contributed by atoms with Crippen molar-refractivity contribution in [2.45, 2.75) is 80.5 Å². The molecule has 0 aromatic heterocycles. The van der Waals surface area contributed by atoms with Crippen molar-refractivity contribution in [3.05, 3.63) is 119 Å². The predicted molar refractivity (Wildman–Crippen MR) is 304 cm³/mol. The molecule has 2 aliphatic heterocycles. The monoisotopic (exact) mass is 1140 g/mol. The first-order valence-electron chi connectivity index (χ1n) is 26.0. The van der Waals surface area contributed by atoms with Gasteiger partial charge in [-0.15, -0.1) is 11.8 Å². The summed E-state index contributed by atoms with van der Waals surface area (Å²) in [6.07, 6.45) is 5.72. The van der Waals surface area contributed by atoms with E-state index < -0.39 is 46.1 Å². The Kier molecular flexibility index (Phi) is 21.1. The minimum atomic E-state index is -4.49. The van der Waals surface area contributed by atoms with Crippen molar-refractivity contribution >= 4 is 79.6 Å². The number of allylic oxidation sites excluding steroid dienone is 1. The standard InChI is InChI=1S/C55H74ClN6O10PS3/c1-6-71-73(65,72-41-70-42(2)63)36-10-26-59-28-30-60(31-29-59)27-24-47(40-74-49-11-8-7-9-12-49)57-52-22-21-50(37-53(52)75(5,66)67)76(68,69)58-54(64)44-15-19-48(20-16-44)62-34-32-61(33-35-62)39-45-38-55(3,4)25-23-51(45)43-13-17-46(56)18-14-43/h7-9,11-22,37,47,57H,6,10,23-36,38-41H2,1-5H3,(H,58,64)/t47-,73?/m1/s1. The summed E-state index contributed by atoms with van der Waals surface area (Å²) in [4.78, 5) is 34.6. The number of halogens is 1. The van der Waals surface area contributed by atoms with E-state index >= 15 is 0 Å². The number of carbonyl (C=O) groups is 2. The maximum atomic E-state index is 13.8. The van der Waals surface area contributed by atoms with Crippen molar-refractivity contribution in [2.24, 2.45) is 5.41 Å². The van der Waals surface area contributed by atoms with Gasteiger partial charge in [-0.05, 0) is 129 Å². The highest BCUT2D eigenvalue weighted by Crippen LogP contribution is 2.48. The minimum absolute atomic E-state index is 0.156. The van der Waals surface area contributed by atoms with Gasteiger partial charge in [-0.3, -0.25) is 23.6 Å². The van der Waals surface area contributed by atoms with Crippen molar-refractivity contribution in [3.63, 3.8) is 0 Å². The second kappa shape index (κ2) is 27.1. The number of sulfonamides is 1. The molecule has 0 spiro atoms. The molecule has 0 bridgehead atoms. The van der Waals surface area contributed by atoms with E-state index in [1.54, 1.807) is 30.8 Å². The Morgan fingerprint density at radius 1 is 0.829 bits per heavy atom. The van der Waals surface area contributed by atoms with Crippen LogP contribution in [0.4, 0.5) is 11.4 Å². The average molecular weight is 1140 g/mol. The van der Waals surface area contributed by atoms with Gasteiger partial charge >= 0.3 is 13.6 Å². The first-order chi connectivity index (χ1) is 36.2. The molecule has 1 amide bonds. The van der Waals surface area contributed by atoms with Crippen LogP contribution in [0.3, 0.4) is 0 Å². The van der Waals surface area contributed by atoms with Gasteiger partial charge in [-0.1, -0.05) is 61.4 Å². The van der Waals surface area contributed by atoms with Crippen molar-refractivity contribution < 1.29 is 44.8 Å². The molecule has 2 fully saturated rings. The number of anilines is 2. The van der Waals surface area contributed by atoms with Crippen molar-refractivity contribution in [3.8, 4) is 0 Å². The number of sulfone groups is 1. The summed E-state index contributed by atoms with van der Waals surface area (Å²) in [5, 5.41) is 4.18. The molecular formula is C55H74ClN6O10PS3. The largest absolute Gasteiger partial charge is 0.438 e. The number of thioether (sulfide) groups is 1. The van der Waals surface area contributed by atoms with Gasteiger partial charge in [0.1, 0.15) is 0 Å². The van der Waals surface area contributed by atoms with Crippen LogP contribution in [0.5, 0.6) is 0 Å². The fourth-order valence-corrected chi connectivity index (χ4v) is 14.4. The Balaban J connectivity index is 0.937. The zero-order valence-electron chi connectivity index (χ0n) is 44.4. The predicted octanol–water partition coefficient (Wildman–Crippen LogP) is 9.39. The Morgan fingerprint density at radius 2 is 1.49 bits per heavy atom. The molecule has 2 atom stereocenters. The third kappa shape index (κ3) is 17.6. The molecule has 1 aliphatic carbocycles. The highest BCUT2D eigenvalue weighted by molar-refractivity contribution is 7.99. The fourth-order valence-electron chi connectivity index (χ4n) is 9.90. The van der Waals surface area contributed by atoms with E-state index in [2.05, 4.69) is 55.6 Å². The third-order valence-electron chi connectivity index (χ3n) is 14.1. The van der Waals surface area contributed by atoms with Crippen molar-refractivity contribution in [1.29, 1.82) is 0 Å². The quantitative estimate of drug-likeness (QED) is 0.0277. The molecule has 3 aliphatic rings. The van der Waals surface area contributed by atoms with Gasteiger partial charge in [0.05, 0.1) is 28.2 Å². The minimum Gasteiger partial charge on any atom is -0.438 e. The molecule has 2 heterocycles. The summed E-state index contributed by atoms with van der Waals surface area (Å²) in [5.41, 5.74) is 5.77. The Bertz CT molecular complexity index is 2900. The van der Waals surface area contributed by atoms with Crippen LogP contribution in [0.1, 0.15) is 75.7 Å². The second-order valence-corrected chi connectivity index (χ2v) is 27.9. The number of nitrogens with one attached hydrogen (secondary N) is 2. The molecule has 0 saturated carbocycles. The highest BCUT2D eigenvalue weighted by atomic mass is 35.5. The molecule has 414 valence electrons. The fraction of sp³-hybridized carbons (Fsp3) is 0.491. The van der Waals surface area contributed by atoms with Crippen LogP contribution in [0.15, 0.2) is 117 Å².